The van der Waals surface area contributed by atoms with Crippen molar-refractivity contribution in [3.63, 3.8) is 0 Å². The highest BCUT2D eigenvalue weighted by molar-refractivity contribution is 9.09. The van der Waals surface area contributed by atoms with Crippen molar-refractivity contribution < 1.29 is 19.5 Å². The van der Waals surface area contributed by atoms with Gasteiger partial charge in [-0.2, -0.15) is 0 Å². The number of likely N-dealkylation sites (tertiary alicyclic amines) is 1. The number of aliphatic hydroxyl groups is 1. The second-order valence-corrected chi connectivity index (χ2v) is 13.8. The number of likely N-dealkylation sites (N-methyl/N-ethyl adjacent to an activating group) is 1. The van der Waals surface area contributed by atoms with Crippen molar-refractivity contribution in [3.05, 3.63) is 61.2 Å². The maximum absolute atomic E-state index is 14.6. The van der Waals surface area contributed by atoms with Crippen LogP contribution in [0.15, 0.2) is 55.6 Å². The van der Waals surface area contributed by atoms with Crippen LogP contribution < -0.4 is 0 Å². The molecule has 1 aromatic carbocycles. The second kappa shape index (κ2) is 12.2. The van der Waals surface area contributed by atoms with Crippen LogP contribution in [0.3, 0.4) is 0 Å². The van der Waals surface area contributed by atoms with Crippen LogP contribution >= 0.6 is 27.7 Å². The molecule has 3 aliphatic rings. The molecule has 3 aliphatic heterocycles. The Labute approximate surface area is 244 Å². The van der Waals surface area contributed by atoms with Crippen LogP contribution in [-0.4, -0.2) is 91.2 Å². The Morgan fingerprint density at radius 3 is 2.49 bits per heavy atom. The average Bonchev–Trinajstić information content (AvgIpc) is 3.52. The number of amides is 3. The van der Waals surface area contributed by atoms with E-state index in [2.05, 4.69) is 29.1 Å². The van der Waals surface area contributed by atoms with E-state index in [1.165, 1.54) is 0 Å². The average molecular weight is 619 g/mol. The highest BCUT2D eigenvalue weighted by Crippen LogP contribution is 2.68. The van der Waals surface area contributed by atoms with E-state index >= 15 is 0 Å². The summed E-state index contributed by atoms with van der Waals surface area (Å²) in [5.41, 5.74) is 0.985. The third-order valence-electron chi connectivity index (χ3n) is 8.75. The van der Waals surface area contributed by atoms with Crippen molar-refractivity contribution in [2.75, 3.05) is 26.7 Å². The number of benzene rings is 1. The number of hydrogen-bond donors (Lipinski definition) is 1. The Balaban J connectivity index is 1.82. The lowest BCUT2D eigenvalue weighted by Crippen LogP contribution is -2.58. The summed E-state index contributed by atoms with van der Waals surface area (Å²) in [7, 11) is 1.73. The molecule has 2 bridgehead atoms. The van der Waals surface area contributed by atoms with Crippen LogP contribution in [0.5, 0.6) is 0 Å². The van der Waals surface area contributed by atoms with E-state index in [4.69, 9.17) is 0 Å². The van der Waals surface area contributed by atoms with Crippen LogP contribution in [0.25, 0.3) is 0 Å². The van der Waals surface area contributed by atoms with Gasteiger partial charge in [0, 0.05) is 36.8 Å². The number of halogens is 1. The van der Waals surface area contributed by atoms with E-state index in [1.807, 2.05) is 44.2 Å². The smallest absolute Gasteiger partial charge is 0.247 e. The van der Waals surface area contributed by atoms with E-state index < -0.39 is 28.7 Å². The maximum atomic E-state index is 14.6. The van der Waals surface area contributed by atoms with Crippen LogP contribution in [0.1, 0.15) is 32.3 Å². The Kier molecular flexibility index (Phi) is 9.33. The molecule has 3 amide bonds. The van der Waals surface area contributed by atoms with Gasteiger partial charge in [-0.25, -0.2) is 0 Å². The zero-order valence-electron chi connectivity index (χ0n) is 23.0. The van der Waals surface area contributed by atoms with Crippen molar-refractivity contribution >= 4 is 45.4 Å². The van der Waals surface area contributed by atoms with Gasteiger partial charge >= 0.3 is 0 Å². The van der Waals surface area contributed by atoms with Crippen molar-refractivity contribution in [2.24, 2.45) is 17.8 Å². The maximum Gasteiger partial charge on any atom is 0.247 e. The van der Waals surface area contributed by atoms with Gasteiger partial charge in [0.25, 0.3) is 0 Å². The second-order valence-electron chi connectivity index (χ2n) is 11.0. The summed E-state index contributed by atoms with van der Waals surface area (Å²) >= 11 is 5.45. The summed E-state index contributed by atoms with van der Waals surface area (Å²) in [6, 6.07) is 8.47. The van der Waals surface area contributed by atoms with E-state index in [9.17, 15) is 19.5 Å². The number of carbonyl (C=O) groups excluding carboxylic acids is 3. The standard InChI is InChI=1S/C30H40BrN3O4S/c1-6-14-32(5)27(36)23-24-28(37)34(22(18-35)19(4)8-3)26(30(24)16-21(31)25(23)39-30)29(38)33(15-7-2)17-20-12-10-9-11-13-20/h6-7,9-13,19,21-26,35H,1-2,8,14-18H2,3-5H3/t19-,21?,22-,23+,24-,25+,26?,30?/m0/s1. The summed E-state index contributed by atoms with van der Waals surface area (Å²) < 4.78 is -0.765. The molecule has 39 heavy (non-hydrogen) atoms. The third kappa shape index (κ3) is 5.10. The van der Waals surface area contributed by atoms with Crippen LogP contribution in [0.4, 0.5) is 0 Å². The third-order valence-corrected chi connectivity index (χ3v) is 12.0. The largest absolute Gasteiger partial charge is 0.394 e. The fourth-order valence-corrected chi connectivity index (χ4v) is 10.3. The summed E-state index contributed by atoms with van der Waals surface area (Å²) in [6.45, 7) is 12.5. The monoisotopic (exact) mass is 617 g/mol. The predicted molar refractivity (Wildman–Crippen MR) is 159 cm³/mol. The van der Waals surface area contributed by atoms with Crippen molar-refractivity contribution in [1.82, 2.24) is 14.7 Å². The number of carbonyl (C=O) groups is 3. The minimum Gasteiger partial charge on any atom is -0.394 e. The highest BCUT2D eigenvalue weighted by atomic mass is 79.9. The molecule has 7 nitrogen and oxygen atoms in total. The van der Waals surface area contributed by atoms with Gasteiger partial charge in [-0.3, -0.25) is 14.4 Å². The minimum atomic E-state index is -0.789. The Morgan fingerprint density at radius 1 is 1.23 bits per heavy atom. The fraction of sp³-hybridized carbons (Fsp3) is 0.567. The van der Waals surface area contributed by atoms with E-state index in [-0.39, 0.29) is 40.3 Å². The summed E-state index contributed by atoms with van der Waals surface area (Å²) in [4.78, 5) is 47.9. The predicted octanol–water partition coefficient (Wildman–Crippen LogP) is 3.72. The topological polar surface area (TPSA) is 81.2 Å². The van der Waals surface area contributed by atoms with Gasteiger partial charge in [0.05, 0.1) is 29.2 Å². The Hall–Kier alpha value is -2.10. The molecule has 1 spiro atoms. The number of thioether (sulfide) groups is 1. The van der Waals surface area contributed by atoms with Crippen molar-refractivity contribution in [3.8, 4) is 0 Å². The van der Waals surface area contributed by atoms with Crippen molar-refractivity contribution in [1.29, 1.82) is 0 Å². The van der Waals surface area contributed by atoms with Gasteiger partial charge in [-0.1, -0.05) is 78.7 Å². The molecule has 0 aliphatic carbocycles. The number of nitrogens with zero attached hydrogens (tertiary/aromatic N) is 3. The lowest BCUT2D eigenvalue weighted by atomic mass is 9.70. The molecule has 3 saturated heterocycles. The van der Waals surface area contributed by atoms with E-state index in [0.717, 1.165) is 12.0 Å². The zero-order chi connectivity index (χ0) is 28.5. The molecule has 1 aromatic rings. The molecule has 3 unspecified atom stereocenters. The number of alkyl halides is 1. The minimum absolute atomic E-state index is 0.00830. The first-order chi connectivity index (χ1) is 18.7. The fourth-order valence-electron chi connectivity index (χ4n) is 6.70. The highest BCUT2D eigenvalue weighted by Gasteiger charge is 2.76. The summed E-state index contributed by atoms with van der Waals surface area (Å²) in [5.74, 6) is -1.64. The van der Waals surface area contributed by atoms with Crippen LogP contribution in [0.2, 0.25) is 0 Å². The molecule has 0 radical (unpaired) electrons. The van der Waals surface area contributed by atoms with E-state index in [1.54, 1.807) is 45.7 Å². The summed E-state index contributed by atoms with van der Waals surface area (Å²) in [5, 5.41) is 10.4. The van der Waals surface area contributed by atoms with Gasteiger partial charge in [-0.05, 0) is 17.9 Å². The number of rotatable bonds is 12. The van der Waals surface area contributed by atoms with Gasteiger partial charge in [0.15, 0.2) is 0 Å². The Bertz CT molecular complexity index is 1100. The molecule has 0 aromatic heterocycles. The molecule has 1 N–H and O–H groups in total. The van der Waals surface area contributed by atoms with Gasteiger partial charge in [-0.15, -0.1) is 24.9 Å². The molecule has 4 rings (SSSR count). The molecule has 212 valence electrons. The molecule has 8 atom stereocenters. The van der Waals surface area contributed by atoms with Crippen LogP contribution in [-0.2, 0) is 20.9 Å². The first-order valence-corrected chi connectivity index (χ1v) is 15.5. The quantitative estimate of drug-likeness (QED) is 0.286. The zero-order valence-corrected chi connectivity index (χ0v) is 25.4. The molecule has 3 fully saturated rings. The molecule has 3 heterocycles. The van der Waals surface area contributed by atoms with E-state index in [0.29, 0.717) is 26.1 Å². The lowest BCUT2D eigenvalue weighted by Gasteiger charge is -2.41. The molecule has 9 heteroatoms. The number of hydrogen-bond acceptors (Lipinski definition) is 5. The Morgan fingerprint density at radius 2 is 1.90 bits per heavy atom. The number of aliphatic hydroxyl groups excluding tert-OH is 1. The number of fused-ring (bicyclic) bond motifs is 1. The summed E-state index contributed by atoms with van der Waals surface area (Å²) in [6.07, 6.45) is 4.73. The van der Waals surface area contributed by atoms with Gasteiger partial charge in [0.1, 0.15) is 6.04 Å². The van der Waals surface area contributed by atoms with Crippen LogP contribution in [0, 0.1) is 17.8 Å². The molecular formula is C30H40BrN3O4S. The molecule has 0 saturated carbocycles. The SMILES string of the molecule is C=CCN(C)C(=O)[C@H]1[C@@H]2SC3(CC2Br)C(C(=O)N(CC=C)Cc2ccccc2)N([C@@H](CO)[C@@H](C)CC)C(=O)[C@H]13. The first kappa shape index (κ1) is 29.9. The van der Waals surface area contributed by atoms with Gasteiger partial charge in [0.2, 0.25) is 17.7 Å². The van der Waals surface area contributed by atoms with Crippen molar-refractivity contribution in [2.45, 2.75) is 60.1 Å². The first-order valence-electron chi connectivity index (χ1n) is 13.7. The normalized spacial score (nSPS) is 30.5. The van der Waals surface area contributed by atoms with Gasteiger partial charge < -0.3 is 19.8 Å². The molecular weight excluding hydrogens is 578 g/mol. The lowest BCUT2D eigenvalue weighted by molar-refractivity contribution is -0.148.